The Hall–Kier alpha value is -1.14. The SMILES string of the molecule is CC(C)C[C@@H](CN)CC(=O)OCCOC(=O)CC1(CN)CCCCC1. The lowest BCUT2D eigenvalue weighted by Crippen LogP contribution is -2.35. The number of carbonyl (C=O) groups excluding carboxylic acids is 2. The topological polar surface area (TPSA) is 105 Å². The Morgan fingerprint density at radius 3 is 2.12 bits per heavy atom. The van der Waals surface area contributed by atoms with Gasteiger partial charge in [0.15, 0.2) is 0 Å². The molecule has 0 aromatic heterocycles. The van der Waals surface area contributed by atoms with E-state index in [9.17, 15) is 9.59 Å². The Morgan fingerprint density at radius 1 is 1.00 bits per heavy atom. The fraction of sp³-hybridized carbons (Fsp3) is 0.895. The van der Waals surface area contributed by atoms with E-state index in [2.05, 4.69) is 13.8 Å². The molecule has 0 amide bonds. The molecular weight excluding hydrogens is 320 g/mol. The van der Waals surface area contributed by atoms with E-state index in [1.165, 1.54) is 6.42 Å². The van der Waals surface area contributed by atoms with Crippen LogP contribution >= 0.6 is 0 Å². The first-order valence-electron chi connectivity index (χ1n) is 9.62. The molecule has 0 radical (unpaired) electrons. The third-order valence-corrected chi connectivity index (χ3v) is 5.07. The number of carbonyl (C=O) groups is 2. The summed E-state index contributed by atoms with van der Waals surface area (Å²) in [5, 5.41) is 0. The lowest BCUT2D eigenvalue weighted by molar-refractivity contribution is -0.154. The molecule has 4 N–H and O–H groups in total. The van der Waals surface area contributed by atoms with Gasteiger partial charge in [0.25, 0.3) is 0 Å². The molecule has 6 heteroatoms. The van der Waals surface area contributed by atoms with Crippen molar-refractivity contribution in [2.75, 3.05) is 26.3 Å². The maximum absolute atomic E-state index is 12.0. The maximum atomic E-state index is 12.0. The second-order valence-electron chi connectivity index (χ2n) is 7.82. The summed E-state index contributed by atoms with van der Waals surface area (Å²) in [6.07, 6.45) is 7.03. The van der Waals surface area contributed by atoms with Crippen molar-refractivity contribution in [1.82, 2.24) is 0 Å². The van der Waals surface area contributed by atoms with E-state index < -0.39 is 0 Å². The summed E-state index contributed by atoms with van der Waals surface area (Å²) in [5.41, 5.74) is 11.5. The van der Waals surface area contributed by atoms with E-state index in [4.69, 9.17) is 20.9 Å². The number of esters is 2. The minimum atomic E-state index is -0.280. The van der Waals surface area contributed by atoms with Crippen LogP contribution in [-0.4, -0.2) is 38.2 Å². The summed E-state index contributed by atoms with van der Waals surface area (Å²) in [5.74, 6) is 0.114. The molecule has 1 saturated carbocycles. The first-order valence-corrected chi connectivity index (χ1v) is 9.62. The molecule has 0 aromatic rings. The lowest BCUT2D eigenvalue weighted by atomic mass is 9.72. The van der Waals surface area contributed by atoms with Gasteiger partial charge in [-0.05, 0) is 49.6 Å². The van der Waals surface area contributed by atoms with Crippen molar-refractivity contribution in [3.63, 3.8) is 0 Å². The van der Waals surface area contributed by atoms with Crippen LogP contribution in [0, 0.1) is 17.3 Å². The minimum absolute atomic E-state index is 0.0964. The summed E-state index contributed by atoms with van der Waals surface area (Å²) >= 11 is 0. The van der Waals surface area contributed by atoms with Crippen LogP contribution in [0.1, 0.15) is 65.2 Å². The molecule has 0 heterocycles. The van der Waals surface area contributed by atoms with Crippen molar-refractivity contribution in [2.24, 2.45) is 28.7 Å². The molecule has 25 heavy (non-hydrogen) atoms. The monoisotopic (exact) mass is 356 g/mol. The molecule has 1 aliphatic carbocycles. The fourth-order valence-corrected chi connectivity index (χ4v) is 3.65. The normalized spacial score (nSPS) is 18.0. The Bertz CT molecular complexity index is 406. The summed E-state index contributed by atoms with van der Waals surface area (Å²) in [6, 6.07) is 0. The van der Waals surface area contributed by atoms with E-state index in [0.29, 0.717) is 31.8 Å². The molecule has 1 rings (SSSR count). The first-order chi connectivity index (χ1) is 11.9. The van der Waals surface area contributed by atoms with E-state index in [-0.39, 0.29) is 36.5 Å². The summed E-state index contributed by atoms with van der Waals surface area (Å²) < 4.78 is 10.4. The van der Waals surface area contributed by atoms with E-state index in [1.807, 2.05) is 0 Å². The van der Waals surface area contributed by atoms with Crippen LogP contribution in [0.2, 0.25) is 0 Å². The fourth-order valence-electron chi connectivity index (χ4n) is 3.65. The molecule has 0 saturated heterocycles. The molecule has 0 spiro atoms. The van der Waals surface area contributed by atoms with Crippen LogP contribution in [0.4, 0.5) is 0 Å². The molecule has 146 valence electrons. The average molecular weight is 357 g/mol. The van der Waals surface area contributed by atoms with Gasteiger partial charge in [0.05, 0.1) is 6.42 Å². The minimum Gasteiger partial charge on any atom is -0.462 e. The summed E-state index contributed by atoms with van der Waals surface area (Å²) in [4.78, 5) is 23.8. The predicted octanol–water partition coefficient (Wildman–Crippen LogP) is 2.38. The van der Waals surface area contributed by atoms with Crippen molar-refractivity contribution >= 4 is 11.9 Å². The van der Waals surface area contributed by atoms with Gasteiger partial charge in [-0.1, -0.05) is 33.1 Å². The zero-order valence-corrected chi connectivity index (χ0v) is 15.9. The van der Waals surface area contributed by atoms with E-state index >= 15 is 0 Å². The Morgan fingerprint density at radius 2 is 1.60 bits per heavy atom. The van der Waals surface area contributed by atoms with Gasteiger partial charge in [-0.2, -0.15) is 0 Å². The number of ether oxygens (including phenoxy) is 2. The Balaban J connectivity index is 2.21. The largest absolute Gasteiger partial charge is 0.462 e. The molecule has 0 unspecified atom stereocenters. The van der Waals surface area contributed by atoms with Crippen LogP contribution in [-0.2, 0) is 19.1 Å². The molecule has 1 fully saturated rings. The lowest BCUT2D eigenvalue weighted by Gasteiger charge is -2.35. The van der Waals surface area contributed by atoms with Crippen LogP contribution in [0.25, 0.3) is 0 Å². The second kappa shape index (κ2) is 11.5. The zero-order valence-electron chi connectivity index (χ0n) is 15.9. The van der Waals surface area contributed by atoms with Gasteiger partial charge in [-0.25, -0.2) is 0 Å². The molecule has 0 aliphatic heterocycles. The highest BCUT2D eigenvalue weighted by molar-refractivity contribution is 5.71. The number of nitrogens with two attached hydrogens (primary N) is 2. The number of hydrogen-bond acceptors (Lipinski definition) is 6. The number of hydrogen-bond donors (Lipinski definition) is 2. The third kappa shape index (κ3) is 8.68. The Kier molecular flexibility index (Phi) is 10.0. The van der Waals surface area contributed by atoms with Gasteiger partial charge >= 0.3 is 11.9 Å². The molecule has 0 bridgehead atoms. The van der Waals surface area contributed by atoms with Crippen LogP contribution in [0.15, 0.2) is 0 Å². The van der Waals surface area contributed by atoms with Crippen molar-refractivity contribution in [2.45, 2.75) is 65.2 Å². The van der Waals surface area contributed by atoms with Crippen molar-refractivity contribution in [1.29, 1.82) is 0 Å². The molecule has 0 aromatic carbocycles. The van der Waals surface area contributed by atoms with E-state index in [0.717, 1.165) is 32.1 Å². The summed E-state index contributed by atoms with van der Waals surface area (Å²) in [7, 11) is 0. The highest BCUT2D eigenvalue weighted by Crippen LogP contribution is 2.38. The first kappa shape index (κ1) is 21.9. The van der Waals surface area contributed by atoms with Gasteiger partial charge in [0.2, 0.25) is 0 Å². The van der Waals surface area contributed by atoms with Gasteiger partial charge in [0, 0.05) is 6.42 Å². The van der Waals surface area contributed by atoms with Gasteiger partial charge in [-0.15, -0.1) is 0 Å². The maximum Gasteiger partial charge on any atom is 0.306 e. The standard InChI is InChI=1S/C19H36N2O4/c1-15(2)10-16(13-20)11-17(22)24-8-9-25-18(23)12-19(14-21)6-4-3-5-7-19/h15-16H,3-14,20-21H2,1-2H3/t16-/m1/s1. The summed E-state index contributed by atoms with van der Waals surface area (Å²) in [6.45, 7) is 5.40. The average Bonchev–Trinajstić information content (AvgIpc) is 2.58. The quantitative estimate of drug-likeness (QED) is 0.435. The highest BCUT2D eigenvalue weighted by atomic mass is 16.6. The van der Waals surface area contributed by atoms with Gasteiger partial charge in [-0.3, -0.25) is 9.59 Å². The highest BCUT2D eigenvalue weighted by Gasteiger charge is 2.33. The zero-order chi connectivity index (χ0) is 18.7. The second-order valence-corrected chi connectivity index (χ2v) is 7.82. The smallest absolute Gasteiger partial charge is 0.306 e. The van der Waals surface area contributed by atoms with Crippen LogP contribution in [0.3, 0.4) is 0 Å². The van der Waals surface area contributed by atoms with Crippen molar-refractivity contribution in [3.05, 3.63) is 0 Å². The van der Waals surface area contributed by atoms with Gasteiger partial charge in [0.1, 0.15) is 13.2 Å². The van der Waals surface area contributed by atoms with Crippen LogP contribution < -0.4 is 11.5 Å². The number of rotatable bonds is 11. The van der Waals surface area contributed by atoms with Crippen molar-refractivity contribution in [3.8, 4) is 0 Å². The van der Waals surface area contributed by atoms with Gasteiger partial charge < -0.3 is 20.9 Å². The predicted molar refractivity (Wildman–Crippen MR) is 97.7 cm³/mol. The molecule has 1 aliphatic rings. The van der Waals surface area contributed by atoms with E-state index in [1.54, 1.807) is 0 Å². The third-order valence-electron chi connectivity index (χ3n) is 5.07. The molecule has 1 atom stereocenters. The Labute approximate surface area is 152 Å². The van der Waals surface area contributed by atoms with Crippen LogP contribution in [0.5, 0.6) is 0 Å². The molecule has 6 nitrogen and oxygen atoms in total. The van der Waals surface area contributed by atoms with Crippen molar-refractivity contribution < 1.29 is 19.1 Å². The molecular formula is C19H36N2O4.